The zero-order valence-corrected chi connectivity index (χ0v) is 15.5. The van der Waals surface area contributed by atoms with Crippen molar-refractivity contribution in [3.05, 3.63) is 54.0 Å². The predicted molar refractivity (Wildman–Crippen MR) is 101 cm³/mol. The number of amides is 1. The molecule has 5 rings (SSSR count). The van der Waals surface area contributed by atoms with E-state index in [2.05, 4.69) is 15.0 Å². The number of alkyl halides is 3. The van der Waals surface area contributed by atoms with Gasteiger partial charge in [-0.1, -0.05) is 0 Å². The molecule has 1 amide bonds. The van der Waals surface area contributed by atoms with Crippen molar-refractivity contribution in [2.75, 3.05) is 23.8 Å². The van der Waals surface area contributed by atoms with Crippen LogP contribution in [0.5, 0.6) is 5.75 Å². The van der Waals surface area contributed by atoms with Crippen molar-refractivity contribution in [3.8, 4) is 5.75 Å². The summed E-state index contributed by atoms with van der Waals surface area (Å²) in [5.41, 5.74) is 5.77. The molecule has 31 heavy (non-hydrogen) atoms. The number of nitrogens with two attached hydrogens (primary N) is 1. The number of halogens is 4. The Balaban J connectivity index is 1.59. The van der Waals surface area contributed by atoms with Gasteiger partial charge in [-0.2, -0.15) is 13.2 Å². The first-order valence-electron chi connectivity index (χ1n) is 8.97. The number of ether oxygens (including phenoxy) is 1. The summed E-state index contributed by atoms with van der Waals surface area (Å²) in [4.78, 5) is 26.6. The van der Waals surface area contributed by atoms with Gasteiger partial charge in [0.2, 0.25) is 0 Å². The molecule has 1 aliphatic rings. The smallest absolute Gasteiger partial charge is 0.419 e. The molecule has 0 unspecified atom stereocenters. The second kappa shape index (κ2) is 6.52. The van der Waals surface area contributed by atoms with Gasteiger partial charge >= 0.3 is 6.18 Å². The van der Waals surface area contributed by atoms with Crippen molar-refractivity contribution in [2.24, 2.45) is 0 Å². The number of nitrogens with zero attached hydrogens (tertiary/aromatic N) is 5. The predicted octanol–water partition coefficient (Wildman–Crippen LogP) is 3.06. The number of carbonyl (C=O) groups excluding carboxylic acids is 1. The summed E-state index contributed by atoms with van der Waals surface area (Å²) in [5.74, 6) is -2.12. The highest BCUT2D eigenvalue weighted by Crippen LogP contribution is 2.40. The molecular weight excluding hydrogens is 420 g/mol. The first kappa shape index (κ1) is 19.0. The maximum absolute atomic E-state index is 14.1. The average molecular weight is 432 g/mol. The standard InChI is InChI=1S/C19H12F4N6O2/c20-10-4-14-16(3-9(10)19(21,22)23)31-2-1-28(14)18(30)11-5-13-12(6-26-11)27-17(24)15-7-25-8-29(13)15/h3-8H,1-2H2,(H2,24,27). The van der Waals surface area contributed by atoms with Crippen LogP contribution in [0.2, 0.25) is 0 Å². The van der Waals surface area contributed by atoms with Crippen molar-refractivity contribution in [1.82, 2.24) is 19.4 Å². The lowest BCUT2D eigenvalue weighted by Crippen LogP contribution is -2.38. The molecule has 0 aliphatic carbocycles. The lowest BCUT2D eigenvalue weighted by molar-refractivity contribution is -0.140. The van der Waals surface area contributed by atoms with Gasteiger partial charge in [0, 0.05) is 6.07 Å². The van der Waals surface area contributed by atoms with Crippen LogP contribution in [0, 0.1) is 5.82 Å². The molecular formula is C19H12F4N6O2. The van der Waals surface area contributed by atoms with Gasteiger partial charge in [-0.25, -0.2) is 19.3 Å². The van der Waals surface area contributed by atoms with Crippen molar-refractivity contribution in [3.63, 3.8) is 0 Å². The molecule has 4 aromatic rings. The fourth-order valence-electron chi connectivity index (χ4n) is 3.50. The van der Waals surface area contributed by atoms with E-state index in [1.54, 1.807) is 4.40 Å². The molecule has 0 bridgehead atoms. The summed E-state index contributed by atoms with van der Waals surface area (Å²) in [7, 11) is 0. The van der Waals surface area contributed by atoms with E-state index in [1.165, 1.54) is 24.8 Å². The Labute approximate surface area is 170 Å². The zero-order chi connectivity index (χ0) is 21.9. The van der Waals surface area contributed by atoms with E-state index < -0.39 is 23.5 Å². The summed E-state index contributed by atoms with van der Waals surface area (Å²) in [5, 5.41) is 0. The number of pyridine rings is 1. The second-order valence-corrected chi connectivity index (χ2v) is 6.81. The van der Waals surface area contributed by atoms with E-state index in [4.69, 9.17) is 10.5 Å². The van der Waals surface area contributed by atoms with Crippen LogP contribution < -0.4 is 15.4 Å². The van der Waals surface area contributed by atoms with Crippen LogP contribution in [-0.4, -0.2) is 38.4 Å². The lowest BCUT2D eigenvalue weighted by atomic mass is 10.1. The Hall–Kier alpha value is -3.96. The zero-order valence-electron chi connectivity index (χ0n) is 15.5. The fourth-order valence-corrected chi connectivity index (χ4v) is 3.50. The largest absolute Gasteiger partial charge is 0.490 e. The second-order valence-electron chi connectivity index (χ2n) is 6.81. The van der Waals surface area contributed by atoms with Gasteiger partial charge in [-0.05, 0) is 12.1 Å². The van der Waals surface area contributed by atoms with Crippen LogP contribution in [0.15, 0.2) is 36.9 Å². The third-order valence-corrected chi connectivity index (χ3v) is 4.94. The monoisotopic (exact) mass is 432 g/mol. The van der Waals surface area contributed by atoms with Crippen LogP contribution in [0.3, 0.4) is 0 Å². The number of anilines is 2. The highest BCUT2D eigenvalue weighted by molar-refractivity contribution is 6.07. The molecule has 8 nitrogen and oxygen atoms in total. The lowest BCUT2D eigenvalue weighted by Gasteiger charge is -2.30. The van der Waals surface area contributed by atoms with Gasteiger partial charge in [-0.3, -0.25) is 9.20 Å². The molecule has 0 spiro atoms. The van der Waals surface area contributed by atoms with Crippen molar-refractivity contribution < 1.29 is 27.1 Å². The van der Waals surface area contributed by atoms with Crippen LogP contribution in [0.25, 0.3) is 16.6 Å². The van der Waals surface area contributed by atoms with Gasteiger partial charge in [-0.15, -0.1) is 0 Å². The number of rotatable bonds is 1. The van der Waals surface area contributed by atoms with E-state index >= 15 is 0 Å². The summed E-state index contributed by atoms with van der Waals surface area (Å²) >= 11 is 0. The van der Waals surface area contributed by atoms with Crippen molar-refractivity contribution >= 4 is 34.0 Å². The molecule has 1 aromatic carbocycles. The first-order valence-corrected chi connectivity index (χ1v) is 8.97. The summed E-state index contributed by atoms with van der Waals surface area (Å²) in [6.07, 6.45) is -0.516. The first-order chi connectivity index (χ1) is 14.7. The molecule has 0 saturated heterocycles. The third-order valence-electron chi connectivity index (χ3n) is 4.94. The molecule has 0 fully saturated rings. The topological polar surface area (TPSA) is 98.6 Å². The quantitative estimate of drug-likeness (QED) is 0.465. The molecule has 0 saturated carbocycles. The maximum atomic E-state index is 14.1. The summed E-state index contributed by atoms with van der Waals surface area (Å²) < 4.78 is 60.0. The van der Waals surface area contributed by atoms with Crippen LogP contribution >= 0.6 is 0 Å². The molecule has 3 aromatic heterocycles. The van der Waals surface area contributed by atoms with Crippen LogP contribution in [0.4, 0.5) is 29.1 Å². The molecule has 0 radical (unpaired) electrons. The average Bonchev–Trinajstić information content (AvgIpc) is 3.22. The van der Waals surface area contributed by atoms with Gasteiger partial charge in [0.05, 0.1) is 42.0 Å². The Bertz CT molecular complexity index is 1370. The van der Waals surface area contributed by atoms with E-state index in [0.29, 0.717) is 28.7 Å². The van der Waals surface area contributed by atoms with Gasteiger partial charge < -0.3 is 15.4 Å². The van der Waals surface area contributed by atoms with E-state index in [-0.39, 0.29) is 36.1 Å². The Kier molecular flexibility index (Phi) is 4.00. The Morgan fingerprint density at radius 1 is 1.16 bits per heavy atom. The number of imidazole rings is 1. The number of nitrogen functional groups attached to an aromatic ring is 1. The minimum atomic E-state index is -4.89. The number of hydrogen-bond donors (Lipinski definition) is 1. The van der Waals surface area contributed by atoms with Crippen molar-refractivity contribution in [2.45, 2.75) is 6.18 Å². The molecule has 1 aliphatic heterocycles. The molecule has 158 valence electrons. The SMILES string of the molecule is Nc1nc2cnc(C(=O)N3CCOc4cc(C(F)(F)F)c(F)cc43)cc2n2cncc12. The highest BCUT2D eigenvalue weighted by Gasteiger charge is 2.37. The number of carbonyl (C=O) groups is 1. The van der Waals surface area contributed by atoms with Gasteiger partial charge in [0.1, 0.15) is 40.7 Å². The third kappa shape index (κ3) is 2.98. The number of hydrogen-bond acceptors (Lipinski definition) is 6. The van der Waals surface area contributed by atoms with Gasteiger partial charge in [0.15, 0.2) is 0 Å². The number of aromatic nitrogens is 4. The minimum absolute atomic E-state index is 0.0107. The van der Waals surface area contributed by atoms with Crippen molar-refractivity contribution in [1.29, 1.82) is 0 Å². The van der Waals surface area contributed by atoms with E-state index in [0.717, 1.165) is 4.90 Å². The normalized spacial score (nSPS) is 14.0. The minimum Gasteiger partial charge on any atom is -0.490 e. The van der Waals surface area contributed by atoms with Gasteiger partial charge in [0.25, 0.3) is 5.91 Å². The number of benzene rings is 1. The highest BCUT2D eigenvalue weighted by atomic mass is 19.4. The number of fused-ring (bicyclic) bond motifs is 4. The molecule has 2 N–H and O–H groups in total. The van der Waals surface area contributed by atoms with Crippen LogP contribution in [-0.2, 0) is 6.18 Å². The van der Waals surface area contributed by atoms with E-state index in [1.807, 2.05) is 0 Å². The van der Waals surface area contributed by atoms with E-state index in [9.17, 15) is 22.4 Å². The Morgan fingerprint density at radius 3 is 2.74 bits per heavy atom. The summed E-state index contributed by atoms with van der Waals surface area (Å²) in [6, 6.07) is 2.67. The molecule has 0 atom stereocenters. The van der Waals surface area contributed by atoms with Crippen LogP contribution in [0.1, 0.15) is 16.1 Å². The molecule has 4 heterocycles. The fraction of sp³-hybridized carbons (Fsp3) is 0.158. The maximum Gasteiger partial charge on any atom is 0.419 e. The Morgan fingerprint density at radius 2 is 1.97 bits per heavy atom. The summed E-state index contributed by atoms with van der Waals surface area (Å²) in [6.45, 7) is -0.0457. The molecule has 12 heteroatoms.